The fourth-order valence-corrected chi connectivity index (χ4v) is 3.86. The largest absolute Gasteiger partial charge is 0.377 e. The van der Waals surface area contributed by atoms with Crippen molar-refractivity contribution in [3.05, 3.63) is 33.9 Å². The quantitative estimate of drug-likeness (QED) is 0.683. The summed E-state index contributed by atoms with van der Waals surface area (Å²) >= 11 is 0. The van der Waals surface area contributed by atoms with E-state index in [0.29, 0.717) is 17.1 Å². The van der Waals surface area contributed by atoms with E-state index in [4.69, 9.17) is 0 Å². The summed E-state index contributed by atoms with van der Waals surface area (Å²) in [6.45, 7) is 1.88. The van der Waals surface area contributed by atoms with E-state index in [1.54, 1.807) is 6.07 Å². The van der Waals surface area contributed by atoms with Gasteiger partial charge in [0.25, 0.3) is 5.69 Å². The predicted octanol–water partition coefficient (Wildman–Crippen LogP) is 3.19. The molecule has 2 aliphatic rings. The van der Waals surface area contributed by atoms with Crippen LogP contribution in [-0.2, 0) is 0 Å². The van der Waals surface area contributed by atoms with Crippen LogP contribution in [0.4, 0.5) is 11.4 Å². The smallest absolute Gasteiger partial charge is 0.292 e. The third-order valence-electron chi connectivity index (χ3n) is 5.14. The van der Waals surface area contributed by atoms with Gasteiger partial charge in [0.15, 0.2) is 0 Å². The number of hydrogen-bond donors (Lipinski definition) is 1. The maximum Gasteiger partial charge on any atom is 0.292 e. The van der Waals surface area contributed by atoms with Gasteiger partial charge < -0.3 is 10.2 Å². The number of nitrogens with zero attached hydrogens (tertiary/aromatic N) is 2. The summed E-state index contributed by atoms with van der Waals surface area (Å²) in [6.07, 6.45) is 4.83. The Morgan fingerprint density at radius 3 is 2.52 bits per heavy atom. The molecule has 2 saturated carbocycles. The number of benzene rings is 1. The van der Waals surface area contributed by atoms with E-state index in [1.165, 1.54) is 12.8 Å². The number of aryl methyl sites for hydroxylation is 1. The average molecular weight is 289 g/mol. The van der Waals surface area contributed by atoms with Gasteiger partial charge in [0.2, 0.25) is 0 Å². The summed E-state index contributed by atoms with van der Waals surface area (Å²) in [7, 11) is 4.28. The Morgan fingerprint density at radius 1 is 1.29 bits per heavy atom. The highest BCUT2D eigenvalue weighted by atomic mass is 16.6. The Morgan fingerprint density at radius 2 is 1.95 bits per heavy atom. The first-order chi connectivity index (χ1) is 9.88. The normalized spacial score (nSPS) is 30.9. The second-order valence-electron chi connectivity index (χ2n) is 7.05. The zero-order valence-corrected chi connectivity index (χ0v) is 12.9. The van der Waals surface area contributed by atoms with Crippen molar-refractivity contribution in [2.75, 3.05) is 19.4 Å². The van der Waals surface area contributed by atoms with Crippen molar-refractivity contribution >= 4 is 11.4 Å². The van der Waals surface area contributed by atoms with Crippen molar-refractivity contribution in [1.82, 2.24) is 4.90 Å². The van der Waals surface area contributed by atoms with E-state index < -0.39 is 0 Å². The molecule has 0 aliphatic heterocycles. The second-order valence-corrected chi connectivity index (χ2v) is 7.05. The molecule has 2 fully saturated rings. The van der Waals surface area contributed by atoms with Crippen LogP contribution in [0.5, 0.6) is 0 Å². The van der Waals surface area contributed by atoms with Gasteiger partial charge in [-0.2, -0.15) is 0 Å². The minimum atomic E-state index is -0.296. The van der Waals surface area contributed by atoms with Gasteiger partial charge in [-0.1, -0.05) is 6.07 Å². The highest BCUT2D eigenvalue weighted by Crippen LogP contribution is 2.57. The maximum atomic E-state index is 11.1. The molecule has 0 radical (unpaired) electrons. The third-order valence-corrected chi connectivity index (χ3v) is 5.14. The molecule has 5 heteroatoms. The minimum Gasteiger partial charge on any atom is -0.377 e. The number of anilines is 1. The van der Waals surface area contributed by atoms with Crippen molar-refractivity contribution in [2.45, 2.75) is 44.7 Å². The first-order valence-electron chi connectivity index (χ1n) is 7.57. The van der Waals surface area contributed by atoms with Crippen LogP contribution < -0.4 is 5.32 Å². The first kappa shape index (κ1) is 14.3. The van der Waals surface area contributed by atoms with Gasteiger partial charge in [-0.3, -0.25) is 10.1 Å². The third kappa shape index (κ3) is 2.62. The van der Waals surface area contributed by atoms with Crippen LogP contribution >= 0.6 is 0 Å². The van der Waals surface area contributed by atoms with Crippen LogP contribution in [0.3, 0.4) is 0 Å². The van der Waals surface area contributed by atoms with E-state index in [9.17, 15) is 10.1 Å². The van der Waals surface area contributed by atoms with Crippen LogP contribution in [0.1, 0.15) is 31.2 Å². The fourth-order valence-electron chi connectivity index (χ4n) is 3.86. The zero-order valence-electron chi connectivity index (χ0n) is 12.9. The molecule has 5 nitrogen and oxygen atoms in total. The van der Waals surface area contributed by atoms with Gasteiger partial charge in [-0.25, -0.2) is 0 Å². The Hall–Kier alpha value is -1.62. The molecule has 1 aromatic rings. The average Bonchev–Trinajstić information content (AvgIpc) is 2.31. The van der Waals surface area contributed by atoms with Gasteiger partial charge in [0.1, 0.15) is 5.69 Å². The highest BCUT2D eigenvalue weighted by Gasteiger charge is 2.53. The summed E-state index contributed by atoms with van der Waals surface area (Å²) in [5, 5.41) is 14.5. The second kappa shape index (κ2) is 4.98. The molecule has 0 saturated heterocycles. The van der Waals surface area contributed by atoms with E-state index in [1.807, 2.05) is 19.1 Å². The summed E-state index contributed by atoms with van der Waals surface area (Å²) in [4.78, 5) is 13.1. The first-order valence-corrected chi connectivity index (χ1v) is 7.57. The van der Waals surface area contributed by atoms with Crippen molar-refractivity contribution in [1.29, 1.82) is 0 Å². The van der Waals surface area contributed by atoms with Gasteiger partial charge in [0, 0.05) is 18.2 Å². The molecule has 0 bridgehead atoms. The Labute approximate surface area is 125 Å². The van der Waals surface area contributed by atoms with Gasteiger partial charge >= 0.3 is 0 Å². The van der Waals surface area contributed by atoms with Gasteiger partial charge in [0.05, 0.1) is 4.92 Å². The van der Waals surface area contributed by atoms with Gasteiger partial charge in [-0.05, 0) is 63.7 Å². The van der Waals surface area contributed by atoms with E-state index in [0.717, 1.165) is 24.4 Å². The molecule has 1 spiro atoms. The summed E-state index contributed by atoms with van der Waals surface area (Å²) in [5.41, 5.74) is 2.28. The molecular weight excluding hydrogens is 266 g/mol. The standard InChI is InChI=1S/C16H23N3O2/c1-11-4-5-14(15(6-11)19(20)21)17-12-7-16(8-12)9-13(10-16)18(2)3/h4-6,12-13,17H,7-10H2,1-3H3. The SMILES string of the molecule is Cc1ccc(NC2CC3(C2)CC(N(C)C)C3)c([N+](=O)[O-])c1. The van der Waals surface area contributed by atoms with Crippen LogP contribution in [0.2, 0.25) is 0 Å². The molecule has 0 atom stereocenters. The molecule has 0 amide bonds. The van der Waals surface area contributed by atoms with Crippen LogP contribution in [0, 0.1) is 22.5 Å². The molecular formula is C16H23N3O2. The molecule has 1 aromatic carbocycles. The molecule has 2 aliphatic carbocycles. The number of nitro benzene ring substituents is 1. The lowest BCUT2D eigenvalue weighted by molar-refractivity contribution is -0.384. The molecule has 0 aromatic heterocycles. The zero-order chi connectivity index (χ0) is 15.2. The summed E-state index contributed by atoms with van der Waals surface area (Å²) in [6, 6.07) is 6.51. The van der Waals surface area contributed by atoms with Crippen molar-refractivity contribution < 1.29 is 4.92 Å². The summed E-state index contributed by atoms with van der Waals surface area (Å²) in [5.74, 6) is 0. The number of nitrogens with one attached hydrogen (secondary N) is 1. The van der Waals surface area contributed by atoms with Crippen LogP contribution in [0.25, 0.3) is 0 Å². The van der Waals surface area contributed by atoms with E-state index >= 15 is 0 Å². The Kier molecular flexibility index (Phi) is 3.40. The number of rotatable bonds is 4. The molecule has 0 unspecified atom stereocenters. The minimum absolute atomic E-state index is 0.190. The van der Waals surface area contributed by atoms with Crippen LogP contribution in [-0.4, -0.2) is 36.0 Å². The molecule has 1 N–H and O–H groups in total. The van der Waals surface area contributed by atoms with Crippen molar-refractivity contribution in [2.24, 2.45) is 5.41 Å². The van der Waals surface area contributed by atoms with E-state index in [2.05, 4.69) is 24.3 Å². The lowest BCUT2D eigenvalue weighted by Gasteiger charge is -2.59. The monoisotopic (exact) mass is 289 g/mol. The van der Waals surface area contributed by atoms with Crippen molar-refractivity contribution in [3.8, 4) is 0 Å². The van der Waals surface area contributed by atoms with Crippen molar-refractivity contribution in [3.63, 3.8) is 0 Å². The van der Waals surface area contributed by atoms with Gasteiger partial charge in [-0.15, -0.1) is 0 Å². The number of hydrogen-bond acceptors (Lipinski definition) is 4. The molecule has 114 valence electrons. The molecule has 3 rings (SSSR count). The van der Waals surface area contributed by atoms with E-state index in [-0.39, 0.29) is 10.6 Å². The maximum absolute atomic E-state index is 11.1. The lowest BCUT2D eigenvalue weighted by atomic mass is 9.52. The highest BCUT2D eigenvalue weighted by molar-refractivity contribution is 5.63. The molecule has 21 heavy (non-hydrogen) atoms. The lowest BCUT2D eigenvalue weighted by Crippen LogP contribution is -2.57. The summed E-state index contributed by atoms with van der Waals surface area (Å²) < 4.78 is 0. The fraction of sp³-hybridized carbons (Fsp3) is 0.625. The molecule has 0 heterocycles. The van der Waals surface area contributed by atoms with Crippen LogP contribution in [0.15, 0.2) is 18.2 Å². The topological polar surface area (TPSA) is 58.4 Å². The Balaban J connectivity index is 1.59. The number of nitro groups is 1. The Bertz CT molecular complexity index is 557. The predicted molar refractivity (Wildman–Crippen MR) is 83.6 cm³/mol.